The third-order valence-corrected chi connectivity index (χ3v) is 7.20. The summed E-state index contributed by atoms with van der Waals surface area (Å²) in [5.41, 5.74) is 4.24. The fourth-order valence-electron chi connectivity index (χ4n) is 4.84. The SMILES string of the molecule is OC[C@@H](O)COc1ccc([C@H]2c3[nH]c4ccc(Cl)cc4c3CCN2C(O)OCC2CCC2)cc1. The van der Waals surface area contributed by atoms with Crippen LogP contribution in [0.15, 0.2) is 42.5 Å². The standard InChI is InChI=1S/C26H31ClN2O5/c27-18-6-9-23-22(12-18)21-10-11-29(26(32)34-14-16-2-1-3-16)25(24(21)28-23)17-4-7-20(8-5-17)33-15-19(31)13-30/h4-9,12,16,19,25-26,28,30-32H,1-3,10-11,13-15H2/t19-,25+,26?/m1/s1. The number of halogens is 1. The molecule has 1 saturated carbocycles. The zero-order chi connectivity index (χ0) is 23.7. The first-order valence-corrected chi connectivity index (χ1v) is 12.3. The number of nitrogens with zero attached hydrogens (tertiary/aromatic N) is 1. The average Bonchev–Trinajstić information content (AvgIpc) is 3.19. The molecule has 0 spiro atoms. The Balaban J connectivity index is 1.45. The number of hydrogen-bond donors (Lipinski definition) is 4. The van der Waals surface area contributed by atoms with E-state index in [9.17, 15) is 10.2 Å². The summed E-state index contributed by atoms with van der Waals surface area (Å²) in [6, 6.07) is 13.2. The molecular formula is C26H31ClN2O5. The molecule has 1 aliphatic heterocycles. The fourth-order valence-corrected chi connectivity index (χ4v) is 5.02. The number of fused-ring (bicyclic) bond motifs is 3. The van der Waals surface area contributed by atoms with E-state index in [4.69, 9.17) is 26.2 Å². The zero-order valence-corrected chi connectivity index (χ0v) is 19.7. The number of rotatable bonds is 9. The Bertz CT molecular complexity index is 1110. The van der Waals surface area contributed by atoms with Gasteiger partial charge in [0.2, 0.25) is 6.41 Å². The summed E-state index contributed by atoms with van der Waals surface area (Å²) >= 11 is 6.29. The Kier molecular flexibility index (Phi) is 7.11. The zero-order valence-electron chi connectivity index (χ0n) is 19.0. The van der Waals surface area contributed by atoms with E-state index in [0.29, 0.717) is 29.8 Å². The molecule has 0 radical (unpaired) electrons. The molecule has 1 aromatic heterocycles. The van der Waals surface area contributed by atoms with Crippen molar-refractivity contribution in [1.29, 1.82) is 0 Å². The topological polar surface area (TPSA) is 98.2 Å². The normalized spacial score (nSPS) is 20.6. The predicted octanol–water partition coefficient (Wildman–Crippen LogP) is 3.59. The number of aliphatic hydroxyl groups is 3. The summed E-state index contributed by atoms with van der Waals surface area (Å²) in [4.78, 5) is 5.56. The summed E-state index contributed by atoms with van der Waals surface area (Å²) in [5, 5.41) is 31.4. The van der Waals surface area contributed by atoms with E-state index >= 15 is 0 Å². The average molecular weight is 487 g/mol. The number of ether oxygens (including phenoxy) is 2. The van der Waals surface area contributed by atoms with Gasteiger partial charge in [0.25, 0.3) is 0 Å². The number of aromatic amines is 1. The predicted molar refractivity (Wildman–Crippen MR) is 130 cm³/mol. The van der Waals surface area contributed by atoms with Gasteiger partial charge in [-0.15, -0.1) is 0 Å². The molecule has 1 aliphatic carbocycles. The summed E-state index contributed by atoms with van der Waals surface area (Å²) in [6.07, 6.45) is 2.41. The molecule has 2 aliphatic rings. The summed E-state index contributed by atoms with van der Waals surface area (Å²) < 4.78 is 11.5. The van der Waals surface area contributed by atoms with E-state index in [1.165, 1.54) is 12.0 Å². The minimum atomic E-state index is -1.01. The Morgan fingerprint density at radius 3 is 2.62 bits per heavy atom. The highest BCUT2D eigenvalue weighted by atomic mass is 35.5. The highest BCUT2D eigenvalue weighted by molar-refractivity contribution is 6.31. The molecule has 5 rings (SSSR count). The van der Waals surface area contributed by atoms with Crippen molar-refractivity contribution < 1.29 is 24.8 Å². The molecule has 8 heteroatoms. The molecule has 7 nitrogen and oxygen atoms in total. The minimum absolute atomic E-state index is 0.0199. The van der Waals surface area contributed by atoms with Crippen LogP contribution in [0.25, 0.3) is 10.9 Å². The van der Waals surface area contributed by atoms with Crippen LogP contribution >= 0.6 is 11.6 Å². The summed E-state index contributed by atoms with van der Waals surface area (Å²) in [7, 11) is 0. The lowest BCUT2D eigenvalue weighted by atomic mass is 9.86. The van der Waals surface area contributed by atoms with E-state index in [1.807, 2.05) is 47.4 Å². The van der Waals surface area contributed by atoms with Crippen LogP contribution in [0.1, 0.15) is 42.1 Å². The third-order valence-electron chi connectivity index (χ3n) is 6.96. The second kappa shape index (κ2) is 10.2. The molecule has 0 bridgehead atoms. The Hall–Kier alpha value is -2.13. The van der Waals surface area contributed by atoms with Crippen LogP contribution in [0.2, 0.25) is 5.02 Å². The van der Waals surface area contributed by atoms with Crippen LogP contribution < -0.4 is 4.74 Å². The van der Waals surface area contributed by atoms with Gasteiger partial charge < -0.3 is 29.8 Å². The van der Waals surface area contributed by atoms with Gasteiger partial charge in [-0.3, -0.25) is 0 Å². The van der Waals surface area contributed by atoms with Gasteiger partial charge in [0.05, 0.1) is 19.3 Å². The van der Waals surface area contributed by atoms with Crippen LogP contribution in [0.4, 0.5) is 0 Å². The number of nitrogens with one attached hydrogen (secondary N) is 1. The molecule has 1 fully saturated rings. The number of aromatic nitrogens is 1. The van der Waals surface area contributed by atoms with Crippen molar-refractivity contribution >= 4 is 22.5 Å². The molecule has 0 amide bonds. The van der Waals surface area contributed by atoms with Crippen LogP contribution in [0.5, 0.6) is 5.75 Å². The highest BCUT2D eigenvalue weighted by Gasteiger charge is 2.36. The van der Waals surface area contributed by atoms with Gasteiger partial charge in [-0.2, -0.15) is 0 Å². The molecule has 4 N–H and O–H groups in total. The van der Waals surface area contributed by atoms with Crippen molar-refractivity contribution in [3.8, 4) is 5.75 Å². The van der Waals surface area contributed by atoms with Crippen molar-refractivity contribution in [2.45, 2.75) is 44.2 Å². The van der Waals surface area contributed by atoms with Crippen LogP contribution in [-0.2, 0) is 11.2 Å². The number of hydrogen-bond acceptors (Lipinski definition) is 6. The molecule has 1 unspecified atom stereocenters. The first-order chi connectivity index (χ1) is 16.5. The number of benzene rings is 2. The highest BCUT2D eigenvalue weighted by Crippen LogP contribution is 2.40. The molecule has 2 heterocycles. The molecule has 2 aromatic carbocycles. The van der Waals surface area contributed by atoms with E-state index in [1.54, 1.807) is 0 Å². The van der Waals surface area contributed by atoms with E-state index in [2.05, 4.69) is 4.98 Å². The Morgan fingerprint density at radius 1 is 1.12 bits per heavy atom. The largest absolute Gasteiger partial charge is 0.491 e. The molecule has 0 saturated heterocycles. The molecule has 34 heavy (non-hydrogen) atoms. The van der Waals surface area contributed by atoms with E-state index < -0.39 is 12.5 Å². The molecular weight excluding hydrogens is 456 g/mol. The second-order valence-electron chi connectivity index (χ2n) is 9.27. The lowest BCUT2D eigenvalue weighted by Gasteiger charge is -2.39. The maximum Gasteiger partial charge on any atom is 0.216 e. The van der Waals surface area contributed by atoms with Gasteiger partial charge in [0.1, 0.15) is 18.5 Å². The van der Waals surface area contributed by atoms with Gasteiger partial charge in [0, 0.05) is 28.2 Å². The van der Waals surface area contributed by atoms with Crippen molar-refractivity contribution in [2.75, 3.05) is 26.4 Å². The first-order valence-electron chi connectivity index (χ1n) is 11.9. The lowest BCUT2D eigenvalue weighted by molar-refractivity contribution is -0.213. The number of aliphatic hydroxyl groups excluding tert-OH is 3. The Morgan fingerprint density at radius 2 is 1.91 bits per heavy atom. The maximum atomic E-state index is 11.0. The summed E-state index contributed by atoms with van der Waals surface area (Å²) in [6.45, 7) is 0.885. The Labute approximate surface area is 203 Å². The van der Waals surface area contributed by atoms with Crippen LogP contribution in [0, 0.1) is 5.92 Å². The van der Waals surface area contributed by atoms with Gasteiger partial charge >= 0.3 is 0 Å². The third kappa shape index (κ3) is 4.82. The minimum Gasteiger partial charge on any atom is -0.491 e. The van der Waals surface area contributed by atoms with E-state index in [-0.39, 0.29) is 19.3 Å². The van der Waals surface area contributed by atoms with Gasteiger partial charge in [-0.05, 0) is 66.6 Å². The van der Waals surface area contributed by atoms with Gasteiger partial charge in [0.15, 0.2) is 0 Å². The van der Waals surface area contributed by atoms with Crippen molar-refractivity contribution in [3.05, 3.63) is 64.3 Å². The lowest BCUT2D eigenvalue weighted by Crippen LogP contribution is -2.45. The van der Waals surface area contributed by atoms with Gasteiger partial charge in [-0.25, -0.2) is 4.90 Å². The smallest absolute Gasteiger partial charge is 0.216 e. The second-order valence-corrected chi connectivity index (χ2v) is 9.71. The van der Waals surface area contributed by atoms with E-state index in [0.717, 1.165) is 41.4 Å². The van der Waals surface area contributed by atoms with Crippen LogP contribution in [0.3, 0.4) is 0 Å². The van der Waals surface area contributed by atoms with Gasteiger partial charge in [-0.1, -0.05) is 30.2 Å². The summed E-state index contributed by atoms with van der Waals surface area (Å²) in [5.74, 6) is 1.14. The first kappa shape index (κ1) is 23.6. The maximum absolute atomic E-state index is 11.0. The fraction of sp³-hybridized carbons (Fsp3) is 0.462. The van der Waals surface area contributed by atoms with Crippen LogP contribution in [-0.4, -0.2) is 64.1 Å². The van der Waals surface area contributed by atoms with Crippen molar-refractivity contribution in [1.82, 2.24) is 9.88 Å². The molecule has 3 aromatic rings. The molecule has 3 atom stereocenters. The van der Waals surface area contributed by atoms with Crippen molar-refractivity contribution in [3.63, 3.8) is 0 Å². The number of H-pyrrole nitrogens is 1. The van der Waals surface area contributed by atoms with Crippen molar-refractivity contribution in [2.24, 2.45) is 5.92 Å². The monoisotopic (exact) mass is 486 g/mol. The quantitative estimate of drug-likeness (QED) is 0.345. The molecule has 182 valence electrons.